The number of aromatic amines is 2. The molecule has 37 heavy (non-hydrogen) atoms. The van der Waals surface area contributed by atoms with Crippen molar-refractivity contribution in [2.24, 2.45) is 5.14 Å². The number of aromatic nitrogens is 6. The first-order valence-electron chi connectivity index (χ1n) is 10.9. The van der Waals surface area contributed by atoms with Crippen LogP contribution in [-0.2, 0) is 24.6 Å². The summed E-state index contributed by atoms with van der Waals surface area (Å²) in [5.74, 6) is -0.0658. The zero-order valence-corrected chi connectivity index (χ0v) is 20.9. The van der Waals surface area contributed by atoms with Crippen LogP contribution in [0.5, 0.6) is 0 Å². The number of imidazole rings is 1. The first-order chi connectivity index (χ1) is 17.5. The van der Waals surface area contributed by atoms with Crippen LogP contribution in [0.1, 0.15) is 6.92 Å². The number of amides is 1. The Morgan fingerprint density at radius 3 is 2.57 bits per heavy atom. The van der Waals surface area contributed by atoms with Crippen LogP contribution in [0.3, 0.4) is 0 Å². The molecule has 15 nitrogen and oxygen atoms in total. The minimum absolute atomic E-state index is 0.130. The molecule has 3 heterocycles. The number of nitrogens with two attached hydrogens (primary N) is 2. The van der Waals surface area contributed by atoms with Gasteiger partial charge in [0.25, 0.3) is 0 Å². The second-order valence-electron chi connectivity index (χ2n) is 8.19. The molecule has 6 N–H and O–H groups in total. The van der Waals surface area contributed by atoms with Crippen molar-refractivity contribution in [3.8, 4) is 22.5 Å². The van der Waals surface area contributed by atoms with E-state index in [1.165, 1.54) is 11.0 Å². The summed E-state index contributed by atoms with van der Waals surface area (Å²) in [4.78, 5) is 19.1. The van der Waals surface area contributed by atoms with E-state index in [1.807, 2.05) is 0 Å². The maximum Gasteiger partial charge on any atom is 0.409 e. The monoisotopic (exact) mass is 547 g/mol. The third kappa shape index (κ3) is 4.15. The molecule has 2 aromatic heterocycles. The molecular weight excluding hydrogens is 526 g/mol. The van der Waals surface area contributed by atoms with Crippen LogP contribution in [0.25, 0.3) is 33.5 Å². The van der Waals surface area contributed by atoms with Crippen LogP contribution in [0.2, 0.25) is 0 Å². The van der Waals surface area contributed by atoms with E-state index >= 15 is 0 Å². The number of H-pyrrole nitrogens is 2. The number of nitrogen functional groups attached to an aromatic ring is 1. The maximum absolute atomic E-state index is 13.6. The normalized spacial score (nSPS) is 14.6. The van der Waals surface area contributed by atoms with Gasteiger partial charge in [-0.3, -0.25) is 0 Å². The van der Waals surface area contributed by atoms with Crippen molar-refractivity contribution in [3.05, 3.63) is 30.3 Å². The Bertz CT molecular complexity index is 1730. The molecule has 1 aliphatic rings. The van der Waals surface area contributed by atoms with Gasteiger partial charge in [0.05, 0.1) is 28.1 Å². The van der Waals surface area contributed by atoms with E-state index in [4.69, 9.17) is 15.6 Å². The highest BCUT2D eigenvalue weighted by Crippen LogP contribution is 2.42. The number of hydrogen-bond acceptors (Lipinski definition) is 11. The fraction of sp³-hybridized carbons (Fsp3) is 0.250. The molecule has 1 aliphatic heterocycles. The zero-order chi connectivity index (χ0) is 26.5. The molecule has 194 valence electrons. The predicted octanol–water partition coefficient (Wildman–Crippen LogP) is 0.254. The number of tetrazole rings is 1. The number of sulfone groups is 1. The van der Waals surface area contributed by atoms with Crippen molar-refractivity contribution in [1.82, 2.24) is 35.5 Å². The molecule has 2 aromatic carbocycles. The number of carbonyl (C=O) groups is 1. The number of benzene rings is 2. The Morgan fingerprint density at radius 1 is 1.16 bits per heavy atom. The topological polar surface area (TPSA) is 233 Å². The van der Waals surface area contributed by atoms with Crippen LogP contribution in [0, 0.1) is 0 Å². The lowest BCUT2D eigenvalue weighted by molar-refractivity contribution is 0.0863. The quantitative estimate of drug-likeness (QED) is 0.255. The standard InChI is InChI=1S/C20H21N9O6S2/c1-2-35-20(30)29-8-10(9-29)36(31,32)14-7-6-11(12-4-3-5-13-16(12)24-19(21)23-13)15(17(14)37(22,33)34)18-25-27-28-26-18/h3-7,10H,2,8-9H2,1H3,(H3,21,23,24)(H2,22,33,34)(H,25,26,27,28). The van der Waals surface area contributed by atoms with E-state index in [1.54, 1.807) is 25.1 Å². The summed E-state index contributed by atoms with van der Waals surface area (Å²) in [6, 6.07) is 7.66. The minimum Gasteiger partial charge on any atom is -0.450 e. The molecule has 0 spiro atoms. The Morgan fingerprint density at radius 2 is 1.92 bits per heavy atom. The number of nitrogens with zero attached hydrogens (tertiary/aromatic N) is 5. The molecule has 0 atom stereocenters. The van der Waals surface area contributed by atoms with Gasteiger partial charge in [-0.25, -0.2) is 31.8 Å². The summed E-state index contributed by atoms with van der Waals surface area (Å²) in [7, 11) is -8.95. The lowest BCUT2D eigenvalue weighted by Crippen LogP contribution is -2.57. The first kappa shape index (κ1) is 24.6. The fourth-order valence-electron chi connectivity index (χ4n) is 4.23. The SMILES string of the molecule is CCOC(=O)N1CC(S(=O)(=O)c2ccc(-c3cccc4[nH]c(N)nc34)c(-c3nn[nH]n3)c2S(N)(=O)=O)C1. The number of nitrogens with one attached hydrogen (secondary N) is 2. The number of primary sulfonamides is 1. The summed E-state index contributed by atoms with van der Waals surface area (Å²) in [5, 5.41) is 18.1. The number of rotatable bonds is 6. The second-order valence-corrected chi connectivity index (χ2v) is 11.9. The minimum atomic E-state index is -4.67. The highest BCUT2D eigenvalue weighted by atomic mass is 32.2. The van der Waals surface area contributed by atoms with Gasteiger partial charge in [-0.1, -0.05) is 18.2 Å². The van der Waals surface area contributed by atoms with E-state index in [-0.39, 0.29) is 42.6 Å². The van der Waals surface area contributed by atoms with Crippen molar-refractivity contribution < 1.29 is 26.4 Å². The predicted molar refractivity (Wildman–Crippen MR) is 130 cm³/mol. The zero-order valence-electron chi connectivity index (χ0n) is 19.2. The number of ether oxygens (including phenoxy) is 1. The average molecular weight is 548 g/mol. The van der Waals surface area contributed by atoms with Gasteiger partial charge in [0.1, 0.15) is 10.1 Å². The summed E-state index contributed by atoms with van der Waals surface area (Å²) in [5.41, 5.74) is 7.28. The van der Waals surface area contributed by atoms with E-state index in [9.17, 15) is 21.6 Å². The van der Waals surface area contributed by atoms with E-state index in [0.29, 0.717) is 16.6 Å². The van der Waals surface area contributed by atoms with Crippen LogP contribution in [-0.4, -0.2) is 83.4 Å². The molecule has 5 rings (SSSR count). The van der Waals surface area contributed by atoms with Crippen LogP contribution in [0.15, 0.2) is 40.1 Å². The molecule has 1 amide bonds. The van der Waals surface area contributed by atoms with Gasteiger partial charge in [0.2, 0.25) is 15.8 Å². The highest BCUT2D eigenvalue weighted by Gasteiger charge is 2.44. The number of fused-ring (bicyclic) bond motifs is 1. The van der Waals surface area contributed by atoms with Gasteiger partial charge in [0.15, 0.2) is 15.8 Å². The third-order valence-corrected chi connectivity index (χ3v) is 9.17. The van der Waals surface area contributed by atoms with Crippen molar-refractivity contribution in [3.63, 3.8) is 0 Å². The maximum atomic E-state index is 13.6. The van der Waals surface area contributed by atoms with E-state index in [2.05, 4.69) is 30.6 Å². The van der Waals surface area contributed by atoms with Crippen LogP contribution in [0.4, 0.5) is 10.7 Å². The Kier molecular flexibility index (Phi) is 5.84. The number of para-hydroxylation sites is 1. The summed E-state index contributed by atoms with van der Waals surface area (Å²) >= 11 is 0. The van der Waals surface area contributed by atoms with Crippen LogP contribution >= 0.6 is 0 Å². The molecule has 0 bridgehead atoms. The lowest BCUT2D eigenvalue weighted by atomic mass is 9.98. The van der Waals surface area contributed by atoms with Crippen molar-refractivity contribution >= 4 is 42.9 Å². The molecule has 0 saturated carbocycles. The summed E-state index contributed by atoms with van der Waals surface area (Å²) in [6.45, 7) is 1.42. The third-order valence-electron chi connectivity index (χ3n) is 5.92. The lowest BCUT2D eigenvalue weighted by Gasteiger charge is -2.37. The molecule has 4 aromatic rings. The van der Waals surface area contributed by atoms with Gasteiger partial charge in [0, 0.05) is 18.7 Å². The molecule has 0 radical (unpaired) electrons. The van der Waals surface area contributed by atoms with Gasteiger partial charge in [-0.15, -0.1) is 10.2 Å². The summed E-state index contributed by atoms with van der Waals surface area (Å²) < 4.78 is 58.0. The molecular formula is C20H21N9O6S2. The molecule has 1 fully saturated rings. The smallest absolute Gasteiger partial charge is 0.409 e. The summed E-state index contributed by atoms with van der Waals surface area (Å²) in [6.07, 6.45) is -0.658. The molecule has 17 heteroatoms. The first-order valence-corrected chi connectivity index (χ1v) is 14.0. The Balaban J connectivity index is 1.73. The number of hydrogen-bond donors (Lipinski definition) is 4. The number of likely N-dealkylation sites (tertiary alicyclic amines) is 1. The van der Waals surface area contributed by atoms with Gasteiger partial charge >= 0.3 is 6.09 Å². The van der Waals surface area contributed by atoms with E-state index in [0.717, 1.165) is 6.07 Å². The largest absolute Gasteiger partial charge is 0.450 e. The highest BCUT2D eigenvalue weighted by molar-refractivity contribution is 7.94. The fourth-order valence-corrected chi connectivity index (χ4v) is 7.49. The Hall–Kier alpha value is -4.09. The van der Waals surface area contributed by atoms with Gasteiger partial charge in [-0.2, -0.15) is 5.21 Å². The number of carbonyl (C=O) groups excluding carboxylic acids is 1. The molecule has 0 aliphatic carbocycles. The van der Waals surface area contributed by atoms with E-state index < -0.39 is 41.0 Å². The van der Waals surface area contributed by atoms with Gasteiger partial charge < -0.3 is 20.4 Å². The average Bonchev–Trinajstić information content (AvgIpc) is 3.45. The van der Waals surface area contributed by atoms with Crippen molar-refractivity contribution in [2.75, 3.05) is 25.4 Å². The van der Waals surface area contributed by atoms with Gasteiger partial charge in [-0.05, 0) is 29.8 Å². The van der Waals surface area contributed by atoms with Crippen molar-refractivity contribution in [2.45, 2.75) is 22.0 Å². The second kappa shape index (κ2) is 8.79. The van der Waals surface area contributed by atoms with Crippen molar-refractivity contribution in [1.29, 1.82) is 0 Å². The number of sulfonamides is 1. The Labute approximate surface area is 210 Å². The molecule has 1 saturated heterocycles. The molecule has 0 unspecified atom stereocenters. The number of anilines is 1. The van der Waals surface area contributed by atoms with Crippen LogP contribution < -0.4 is 10.9 Å².